The van der Waals surface area contributed by atoms with Crippen molar-refractivity contribution in [1.29, 1.82) is 0 Å². The van der Waals surface area contributed by atoms with Crippen LogP contribution in [-0.4, -0.2) is 11.1 Å². The molecular formula is C16H25NO. The molecular weight excluding hydrogens is 222 g/mol. The summed E-state index contributed by atoms with van der Waals surface area (Å²) in [7, 11) is 0. The Morgan fingerprint density at radius 1 is 1.11 bits per heavy atom. The summed E-state index contributed by atoms with van der Waals surface area (Å²) in [6.45, 7) is 4.43. The highest BCUT2D eigenvalue weighted by molar-refractivity contribution is 5.34. The van der Waals surface area contributed by atoms with Crippen molar-refractivity contribution < 1.29 is 5.11 Å². The summed E-state index contributed by atoms with van der Waals surface area (Å²) in [5, 5.41) is 13.8. The van der Waals surface area contributed by atoms with Crippen molar-refractivity contribution in [3.63, 3.8) is 0 Å². The molecule has 18 heavy (non-hydrogen) atoms. The Kier molecular flexibility index (Phi) is 4.65. The van der Waals surface area contributed by atoms with E-state index in [1.807, 2.05) is 18.2 Å². The smallest absolute Gasteiger partial charge is 0.120 e. The van der Waals surface area contributed by atoms with Crippen LogP contribution in [0.15, 0.2) is 24.3 Å². The average molecular weight is 247 g/mol. The van der Waals surface area contributed by atoms with Crippen LogP contribution < -0.4 is 5.32 Å². The number of phenols is 1. The summed E-state index contributed by atoms with van der Waals surface area (Å²) in [6.07, 6.45) is 6.60. The highest BCUT2D eigenvalue weighted by Crippen LogP contribution is 2.31. The summed E-state index contributed by atoms with van der Waals surface area (Å²) < 4.78 is 0. The first kappa shape index (κ1) is 13.4. The predicted molar refractivity (Wildman–Crippen MR) is 75.7 cm³/mol. The van der Waals surface area contributed by atoms with Crippen molar-refractivity contribution in [2.45, 2.75) is 58.0 Å². The van der Waals surface area contributed by atoms with E-state index < -0.39 is 0 Å². The van der Waals surface area contributed by atoms with Gasteiger partial charge in [-0.2, -0.15) is 0 Å². The highest BCUT2D eigenvalue weighted by Gasteiger charge is 2.23. The van der Waals surface area contributed by atoms with Crippen molar-refractivity contribution in [3.8, 4) is 5.75 Å². The van der Waals surface area contributed by atoms with Gasteiger partial charge in [-0.3, -0.25) is 0 Å². The Labute approximate surface area is 110 Å². The molecule has 0 heterocycles. The number of nitrogens with one attached hydrogen (secondary N) is 1. The van der Waals surface area contributed by atoms with Crippen molar-refractivity contribution in [2.75, 3.05) is 0 Å². The lowest BCUT2D eigenvalue weighted by atomic mass is 9.90. The molecule has 1 aliphatic carbocycles. The zero-order valence-electron chi connectivity index (χ0n) is 11.5. The lowest BCUT2D eigenvalue weighted by molar-refractivity contribution is 0.295. The Morgan fingerprint density at radius 2 is 1.78 bits per heavy atom. The molecule has 2 N–H and O–H groups in total. The van der Waals surface area contributed by atoms with E-state index in [-0.39, 0.29) is 6.04 Å². The number of phenolic OH excluding ortho intramolecular Hbond substituents is 1. The molecule has 0 spiro atoms. The van der Waals surface area contributed by atoms with Gasteiger partial charge in [-0.25, -0.2) is 0 Å². The van der Waals surface area contributed by atoms with E-state index in [1.165, 1.54) is 32.1 Å². The molecule has 1 saturated carbocycles. The molecule has 0 amide bonds. The van der Waals surface area contributed by atoms with Gasteiger partial charge >= 0.3 is 0 Å². The zero-order chi connectivity index (χ0) is 13.0. The van der Waals surface area contributed by atoms with Crippen molar-refractivity contribution in [1.82, 2.24) is 5.32 Å². The fraction of sp³-hybridized carbons (Fsp3) is 0.625. The Morgan fingerprint density at radius 3 is 2.39 bits per heavy atom. The molecule has 1 unspecified atom stereocenters. The van der Waals surface area contributed by atoms with Crippen LogP contribution in [0.3, 0.4) is 0 Å². The fourth-order valence-corrected chi connectivity index (χ4v) is 2.92. The second-order valence-electron chi connectivity index (χ2n) is 5.78. The number of benzene rings is 1. The number of rotatable bonds is 4. The summed E-state index contributed by atoms with van der Waals surface area (Å²) in [6, 6.07) is 8.59. The van der Waals surface area contributed by atoms with E-state index in [2.05, 4.69) is 19.2 Å². The van der Waals surface area contributed by atoms with Gasteiger partial charge < -0.3 is 10.4 Å². The largest absolute Gasteiger partial charge is 0.508 e. The van der Waals surface area contributed by atoms with Crippen LogP contribution in [0, 0.1) is 5.92 Å². The Balaban J connectivity index is 2.10. The molecule has 0 bridgehead atoms. The average Bonchev–Trinajstić information content (AvgIpc) is 2.38. The summed E-state index contributed by atoms with van der Waals surface area (Å²) in [5.41, 5.74) is 1.04. The molecule has 1 aromatic carbocycles. The maximum Gasteiger partial charge on any atom is 0.120 e. The van der Waals surface area contributed by atoms with E-state index >= 15 is 0 Å². The first-order valence-electron chi connectivity index (χ1n) is 7.22. The van der Waals surface area contributed by atoms with Gasteiger partial charge in [0.25, 0.3) is 0 Å². The molecule has 0 radical (unpaired) electrons. The summed E-state index contributed by atoms with van der Waals surface area (Å²) in [4.78, 5) is 0. The standard InChI is InChI=1S/C16H25NO/c1-12(2)16(14-10-6-7-11-15(14)18)17-13-8-4-3-5-9-13/h6-7,10-13,16-18H,3-5,8-9H2,1-2H3. The van der Waals surface area contributed by atoms with Crippen LogP contribution in [0.5, 0.6) is 5.75 Å². The van der Waals surface area contributed by atoms with Gasteiger partial charge in [0, 0.05) is 17.6 Å². The molecule has 0 saturated heterocycles. The Hall–Kier alpha value is -1.02. The molecule has 1 aromatic rings. The third-order valence-corrected chi connectivity index (χ3v) is 3.96. The minimum Gasteiger partial charge on any atom is -0.508 e. The Bertz CT molecular complexity index is 369. The molecule has 1 aliphatic rings. The number of hydrogen-bond acceptors (Lipinski definition) is 2. The van der Waals surface area contributed by atoms with Crippen molar-refractivity contribution >= 4 is 0 Å². The maximum atomic E-state index is 10.0. The third-order valence-electron chi connectivity index (χ3n) is 3.96. The van der Waals surface area contributed by atoms with Crippen LogP contribution in [0.1, 0.15) is 57.6 Å². The van der Waals surface area contributed by atoms with Crippen LogP contribution in [0.25, 0.3) is 0 Å². The topological polar surface area (TPSA) is 32.3 Å². The molecule has 2 nitrogen and oxygen atoms in total. The van der Waals surface area contributed by atoms with Crippen LogP contribution in [0.2, 0.25) is 0 Å². The second-order valence-corrected chi connectivity index (χ2v) is 5.78. The molecule has 1 atom stereocenters. The zero-order valence-corrected chi connectivity index (χ0v) is 11.5. The maximum absolute atomic E-state index is 10.0. The van der Waals surface area contributed by atoms with Crippen LogP contribution in [-0.2, 0) is 0 Å². The number of aromatic hydroxyl groups is 1. The SMILES string of the molecule is CC(C)C(NC1CCCCC1)c1ccccc1O. The first-order chi connectivity index (χ1) is 8.68. The highest BCUT2D eigenvalue weighted by atomic mass is 16.3. The number of hydrogen-bond donors (Lipinski definition) is 2. The van der Waals surface area contributed by atoms with Gasteiger partial charge in [0.05, 0.1) is 0 Å². The molecule has 100 valence electrons. The van der Waals surface area contributed by atoms with Crippen molar-refractivity contribution in [2.24, 2.45) is 5.92 Å². The second kappa shape index (κ2) is 6.24. The van der Waals surface area contributed by atoms with E-state index in [0.29, 0.717) is 17.7 Å². The quantitative estimate of drug-likeness (QED) is 0.842. The molecule has 1 fully saturated rings. The van der Waals surface area contributed by atoms with E-state index in [0.717, 1.165) is 5.56 Å². The van der Waals surface area contributed by atoms with E-state index in [4.69, 9.17) is 0 Å². The summed E-state index contributed by atoms with van der Waals surface area (Å²) in [5.74, 6) is 0.903. The van der Waals surface area contributed by atoms with Gasteiger partial charge in [0.2, 0.25) is 0 Å². The first-order valence-corrected chi connectivity index (χ1v) is 7.22. The lowest BCUT2D eigenvalue weighted by Gasteiger charge is -2.31. The monoisotopic (exact) mass is 247 g/mol. The normalized spacial score (nSPS) is 19.1. The van der Waals surface area contributed by atoms with Gasteiger partial charge in [0.1, 0.15) is 5.75 Å². The fourth-order valence-electron chi connectivity index (χ4n) is 2.92. The minimum absolute atomic E-state index is 0.259. The lowest BCUT2D eigenvalue weighted by Crippen LogP contribution is -2.36. The molecule has 0 aliphatic heterocycles. The molecule has 0 aromatic heterocycles. The molecule has 2 heteroatoms. The third kappa shape index (κ3) is 3.26. The van der Waals surface area contributed by atoms with E-state index in [1.54, 1.807) is 6.07 Å². The van der Waals surface area contributed by atoms with Crippen LogP contribution >= 0.6 is 0 Å². The summed E-state index contributed by atoms with van der Waals surface area (Å²) >= 11 is 0. The number of para-hydroxylation sites is 1. The van der Waals surface area contributed by atoms with E-state index in [9.17, 15) is 5.11 Å². The van der Waals surface area contributed by atoms with Gasteiger partial charge in [-0.15, -0.1) is 0 Å². The van der Waals surface area contributed by atoms with Gasteiger partial charge in [0.15, 0.2) is 0 Å². The van der Waals surface area contributed by atoms with Crippen molar-refractivity contribution in [3.05, 3.63) is 29.8 Å². The van der Waals surface area contributed by atoms with Gasteiger partial charge in [-0.05, 0) is 24.8 Å². The van der Waals surface area contributed by atoms with Gasteiger partial charge in [-0.1, -0.05) is 51.3 Å². The molecule has 2 rings (SSSR count). The van der Waals surface area contributed by atoms with Crippen LogP contribution in [0.4, 0.5) is 0 Å². The predicted octanol–water partition coefficient (Wildman–Crippen LogP) is 4.01. The minimum atomic E-state index is 0.259.